The molecule has 0 amide bonds. The van der Waals surface area contributed by atoms with Gasteiger partial charge in [0.15, 0.2) is 0 Å². The van der Waals surface area contributed by atoms with Gasteiger partial charge >= 0.3 is 0 Å². The van der Waals surface area contributed by atoms with Crippen molar-refractivity contribution in [2.45, 2.75) is 6.92 Å². The molecule has 0 spiro atoms. The maximum Gasteiger partial charge on any atom is 0.0435 e. The normalized spacial score (nSPS) is 13.1. The van der Waals surface area contributed by atoms with Crippen LogP contribution in [-0.4, -0.2) is 19.9 Å². The Morgan fingerprint density at radius 2 is 1.08 bits per heavy atom. The predicted octanol–water partition coefficient (Wildman–Crippen LogP) is 1.02. The first-order valence-electron chi connectivity index (χ1n) is 8.37. The zero-order chi connectivity index (χ0) is 16.8. The van der Waals surface area contributed by atoms with Crippen LogP contribution in [0.3, 0.4) is 0 Å². The summed E-state index contributed by atoms with van der Waals surface area (Å²) in [5, 5.41) is 4.34. The molecule has 4 heteroatoms. The average Bonchev–Trinajstić information content (AvgIpc) is 3.36. The van der Waals surface area contributed by atoms with Gasteiger partial charge in [0.2, 0.25) is 0 Å². The Bertz CT molecular complexity index is 1300. The third-order valence-electron chi connectivity index (χ3n) is 4.62. The molecule has 5 heterocycles. The summed E-state index contributed by atoms with van der Waals surface area (Å²) < 4.78 is 0. The van der Waals surface area contributed by atoms with Crippen LogP contribution in [-0.2, 0) is 0 Å². The summed E-state index contributed by atoms with van der Waals surface area (Å²) >= 11 is 0. The van der Waals surface area contributed by atoms with E-state index in [1.807, 2.05) is 0 Å². The molecule has 0 saturated carbocycles. The molecule has 0 unspecified atom stereocenters. The van der Waals surface area contributed by atoms with E-state index >= 15 is 0 Å². The second-order valence-corrected chi connectivity index (χ2v) is 6.45. The summed E-state index contributed by atoms with van der Waals surface area (Å²) in [5.41, 5.74) is 5.54. The summed E-state index contributed by atoms with van der Waals surface area (Å²) in [6, 6.07) is 16.8. The number of nitrogens with one attached hydrogen (secondary N) is 4. The summed E-state index contributed by atoms with van der Waals surface area (Å²) in [6.45, 7) is 2.13. The number of aromatic amines is 4. The van der Waals surface area contributed by atoms with Crippen LogP contribution in [0.1, 0.15) is 29.7 Å². The molecule has 4 aromatic rings. The van der Waals surface area contributed by atoms with Crippen molar-refractivity contribution in [3.8, 4) is 0 Å². The molecule has 0 fully saturated rings. The predicted molar refractivity (Wildman–Crippen MR) is 101 cm³/mol. The van der Waals surface area contributed by atoms with Gasteiger partial charge in [0, 0.05) is 44.2 Å². The molecule has 4 aromatic heterocycles. The van der Waals surface area contributed by atoms with Crippen molar-refractivity contribution in [3.05, 3.63) is 92.7 Å². The van der Waals surface area contributed by atoms with Gasteiger partial charge in [0.1, 0.15) is 0 Å². The zero-order valence-electron chi connectivity index (χ0n) is 13.9. The van der Waals surface area contributed by atoms with Crippen molar-refractivity contribution >= 4 is 23.8 Å². The van der Waals surface area contributed by atoms with Gasteiger partial charge in [0.05, 0.1) is 0 Å². The van der Waals surface area contributed by atoms with E-state index in [1.54, 1.807) is 0 Å². The lowest BCUT2D eigenvalue weighted by molar-refractivity contribution is 1.21. The Morgan fingerprint density at radius 1 is 0.520 bits per heavy atom. The Kier molecular flexibility index (Phi) is 2.97. The highest BCUT2D eigenvalue weighted by atomic mass is 14.8. The SMILES string of the molecule is CC1=c2ccc([nH]2)=Cc2ccc([nH]2)C=c2ccc([nH]2)=Cc2ccc1[nH]2. The molecule has 4 N–H and O–H groups in total. The van der Waals surface area contributed by atoms with Gasteiger partial charge in [0.25, 0.3) is 0 Å². The topological polar surface area (TPSA) is 63.2 Å². The smallest absolute Gasteiger partial charge is 0.0435 e. The van der Waals surface area contributed by atoms with E-state index < -0.39 is 0 Å². The van der Waals surface area contributed by atoms with Gasteiger partial charge in [-0.05, 0) is 79.3 Å². The summed E-state index contributed by atoms with van der Waals surface area (Å²) in [7, 11) is 0. The number of fused-ring (bicyclic) bond motifs is 8. The maximum absolute atomic E-state index is 3.48. The Hall–Kier alpha value is -3.40. The molecule has 0 saturated heterocycles. The number of hydrogen-bond donors (Lipinski definition) is 4. The molecule has 4 nitrogen and oxygen atoms in total. The van der Waals surface area contributed by atoms with E-state index in [4.69, 9.17) is 0 Å². The second-order valence-electron chi connectivity index (χ2n) is 6.45. The minimum absolute atomic E-state index is 1.07. The third kappa shape index (κ3) is 2.58. The summed E-state index contributed by atoms with van der Waals surface area (Å²) in [6.07, 6.45) is 6.35. The highest BCUT2D eigenvalue weighted by Gasteiger charge is 2.02. The lowest BCUT2D eigenvalue weighted by atomic mass is 10.2. The zero-order valence-corrected chi connectivity index (χ0v) is 13.9. The maximum atomic E-state index is 3.48. The quantitative estimate of drug-likeness (QED) is 0.373. The van der Waals surface area contributed by atoms with E-state index in [0.717, 1.165) is 44.2 Å². The van der Waals surface area contributed by atoms with Crippen LogP contribution in [0.5, 0.6) is 0 Å². The Morgan fingerprint density at radius 3 is 1.80 bits per heavy atom. The summed E-state index contributed by atoms with van der Waals surface area (Å²) in [4.78, 5) is 13.8. The fourth-order valence-corrected chi connectivity index (χ4v) is 3.27. The van der Waals surface area contributed by atoms with Crippen LogP contribution in [0.4, 0.5) is 0 Å². The van der Waals surface area contributed by atoms with E-state index in [-0.39, 0.29) is 0 Å². The average molecular weight is 326 g/mol. The fraction of sp³-hybridized carbons (Fsp3) is 0.0476. The number of H-pyrrole nitrogens is 4. The van der Waals surface area contributed by atoms with Crippen LogP contribution in [0.2, 0.25) is 0 Å². The largest absolute Gasteiger partial charge is 0.355 e. The van der Waals surface area contributed by atoms with Gasteiger partial charge in [-0.1, -0.05) is 0 Å². The molecule has 25 heavy (non-hydrogen) atoms. The minimum atomic E-state index is 1.07. The van der Waals surface area contributed by atoms with Crippen LogP contribution in [0.25, 0.3) is 23.8 Å². The second kappa shape index (κ2) is 5.31. The molecule has 1 aliphatic heterocycles. The molecule has 0 aromatic carbocycles. The molecule has 0 aliphatic carbocycles. The standard InChI is InChI=1S/C21H18N4/c1-13-20-8-6-18(24-20)11-16-4-2-14(22-16)10-15-3-5-17(23-15)12-19-7-9-21(13)25-19/h2-12,22-25H,1H3. The van der Waals surface area contributed by atoms with E-state index in [9.17, 15) is 0 Å². The van der Waals surface area contributed by atoms with Crippen molar-refractivity contribution in [2.24, 2.45) is 0 Å². The molecule has 0 radical (unpaired) electrons. The van der Waals surface area contributed by atoms with Crippen LogP contribution in [0, 0.1) is 0 Å². The van der Waals surface area contributed by atoms with E-state index in [1.165, 1.54) is 5.57 Å². The van der Waals surface area contributed by atoms with Crippen LogP contribution >= 0.6 is 0 Å². The van der Waals surface area contributed by atoms with Gasteiger partial charge < -0.3 is 19.9 Å². The molecular formula is C21H18N4. The summed E-state index contributed by atoms with van der Waals surface area (Å²) in [5.74, 6) is 0. The number of rotatable bonds is 0. The molecule has 122 valence electrons. The van der Waals surface area contributed by atoms with Crippen molar-refractivity contribution in [1.29, 1.82) is 0 Å². The number of aromatic nitrogens is 4. The van der Waals surface area contributed by atoms with Gasteiger partial charge in [-0.3, -0.25) is 0 Å². The van der Waals surface area contributed by atoms with Crippen LogP contribution in [0.15, 0.2) is 48.5 Å². The van der Waals surface area contributed by atoms with Crippen molar-refractivity contribution in [1.82, 2.24) is 19.9 Å². The highest BCUT2D eigenvalue weighted by molar-refractivity contribution is 5.62. The van der Waals surface area contributed by atoms with Gasteiger partial charge in [-0.15, -0.1) is 0 Å². The molecule has 5 rings (SSSR count). The number of hydrogen-bond acceptors (Lipinski definition) is 0. The monoisotopic (exact) mass is 326 g/mol. The first-order valence-corrected chi connectivity index (χ1v) is 8.37. The van der Waals surface area contributed by atoms with Crippen molar-refractivity contribution < 1.29 is 0 Å². The first-order chi connectivity index (χ1) is 12.2. The molecule has 1 aliphatic rings. The van der Waals surface area contributed by atoms with E-state index in [2.05, 4.69) is 93.6 Å². The van der Waals surface area contributed by atoms with Crippen LogP contribution < -0.4 is 21.4 Å². The highest BCUT2D eigenvalue weighted by Crippen LogP contribution is 2.10. The molecular weight excluding hydrogens is 308 g/mol. The van der Waals surface area contributed by atoms with Gasteiger partial charge in [-0.25, -0.2) is 0 Å². The van der Waals surface area contributed by atoms with E-state index in [0.29, 0.717) is 0 Å². The minimum Gasteiger partial charge on any atom is -0.355 e. The van der Waals surface area contributed by atoms with Crippen molar-refractivity contribution in [3.63, 3.8) is 0 Å². The van der Waals surface area contributed by atoms with Gasteiger partial charge in [-0.2, -0.15) is 0 Å². The van der Waals surface area contributed by atoms with Crippen molar-refractivity contribution in [2.75, 3.05) is 0 Å². The third-order valence-corrected chi connectivity index (χ3v) is 4.62. The Labute approximate surface area is 143 Å². The lowest BCUT2D eigenvalue weighted by Gasteiger charge is -1.95. The molecule has 0 atom stereocenters. The first kappa shape index (κ1) is 14.0. The Balaban J connectivity index is 1.82. The molecule has 8 bridgehead atoms. The lowest BCUT2D eigenvalue weighted by Crippen LogP contribution is -2.12. The fourth-order valence-electron chi connectivity index (χ4n) is 3.27.